The molecule has 0 radical (unpaired) electrons. The zero-order valence-corrected chi connectivity index (χ0v) is 40.4. The summed E-state index contributed by atoms with van der Waals surface area (Å²) in [5, 5.41) is 86.2. The van der Waals surface area contributed by atoms with E-state index in [4.69, 9.17) is 15.3 Å². The molecule has 0 aliphatic rings. The third-order valence-corrected chi connectivity index (χ3v) is 8.31. The summed E-state index contributed by atoms with van der Waals surface area (Å²) >= 11 is 0. The number of nitrogens with zero attached hydrogens (tertiary/aromatic N) is 3. The maximum Gasteiger partial charge on any atom is 0.0933 e. The first kappa shape index (κ1) is 67.8. The number of aliphatic carboxylic acids is 6. The van der Waals surface area contributed by atoms with E-state index < -0.39 is 54.1 Å². The van der Waals surface area contributed by atoms with Gasteiger partial charge < -0.3 is 89.7 Å². The summed E-state index contributed by atoms with van der Waals surface area (Å²) in [5.41, 5.74) is 1.93. The van der Waals surface area contributed by atoms with Crippen LogP contribution in [0.15, 0.2) is 55.8 Å². The van der Waals surface area contributed by atoms with Gasteiger partial charge in [-0.3, -0.25) is 0 Å². The predicted molar refractivity (Wildman–Crippen MR) is 231 cm³/mol. The number of carbonyl (C=O) groups excluding carboxylic acids is 6. The van der Waals surface area contributed by atoms with Gasteiger partial charge in [-0.1, -0.05) is 117 Å². The molecule has 3 unspecified atom stereocenters. The summed E-state index contributed by atoms with van der Waals surface area (Å²) in [7, 11) is 0. The van der Waals surface area contributed by atoms with Crippen LogP contribution in [0.25, 0.3) is 18.2 Å². The molecule has 0 aromatic carbocycles. The number of aliphatic hydroxyl groups excluding tert-OH is 3. The van der Waals surface area contributed by atoms with Gasteiger partial charge in [0.15, 0.2) is 0 Å². The van der Waals surface area contributed by atoms with Crippen LogP contribution in [0.5, 0.6) is 0 Å². The number of aromatic nitrogens is 6. The summed E-state index contributed by atoms with van der Waals surface area (Å²) in [6, 6.07) is 0. The standard InChI is InChI=1S/3C9H18O3.3C6H6N2O2.Mo/c3*1-2-3-4-5-6-7-8(10)9(11)12;3*9-6(10)2-1-5-3-7-4-8-5;/h3*8,10H,2-7H2,1H3,(H,11,12);3*1-4H,(H,7,8)(H,9,10);/p-6. The molecule has 0 saturated heterocycles. The van der Waals surface area contributed by atoms with E-state index >= 15 is 0 Å². The maximum atomic E-state index is 10.1. The molecular weight excluding hydrogens is 960 g/mol. The van der Waals surface area contributed by atoms with Crippen molar-refractivity contribution >= 4 is 54.0 Å². The molecule has 3 aromatic rings. The van der Waals surface area contributed by atoms with Crippen molar-refractivity contribution in [3.63, 3.8) is 0 Å². The quantitative estimate of drug-likeness (QED) is 0.0299. The molecular formula is C45H66MoN6O15-6. The van der Waals surface area contributed by atoms with Gasteiger partial charge in [-0.2, -0.15) is 0 Å². The Morgan fingerprint density at radius 1 is 0.448 bits per heavy atom. The Labute approximate surface area is 405 Å². The van der Waals surface area contributed by atoms with Gasteiger partial charge in [0.05, 0.1) is 109 Å². The molecule has 6 N–H and O–H groups in total. The van der Waals surface area contributed by atoms with Crippen molar-refractivity contribution in [2.45, 2.75) is 155 Å². The van der Waals surface area contributed by atoms with Gasteiger partial charge in [-0.05, 0) is 55.7 Å². The molecule has 0 spiro atoms. The van der Waals surface area contributed by atoms with Crippen LogP contribution >= 0.6 is 0 Å². The summed E-state index contributed by atoms with van der Waals surface area (Å²) in [4.78, 5) is 78.9. The molecule has 3 rings (SSSR count). The average molecular weight is 1030 g/mol. The largest absolute Gasteiger partial charge is 0.547 e. The smallest absolute Gasteiger partial charge is 0.0933 e. The Kier molecular flexibility index (Phi) is 48.8. The number of aromatic amines is 3. The number of carbonyl (C=O) groups is 6. The van der Waals surface area contributed by atoms with Crippen molar-refractivity contribution in [1.82, 2.24) is 29.9 Å². The first-order valence-electron chi connectivity index (χ1n) is 21.7. The second-order valence-corrected chi connectivity index (χ2v) is 14.1. The molecule has 378 valence electrons. The molecule has 22 heteroatoms. The first-order chi connectivity index (χ1) is 31.4. The van der Waals surface area contributed by atoms with Crippen LogP contribution < -0.4 is 30.6 Å². The van der Waals surface area contributed by atoms with Gasteiger partial charge in [0.2, 0.25) is 0 Å². The number of carboxylic acids is 6. The molecule has 0 fully saturated rings. The summed E-state index contributed by atoms with van der Waals surface area (Å²) in [6.45, 7) is 6.36. The normalized spacial score (nSPS) is 11.6. The summed E-state index contributed by atoms with van der Waals surface area (Å²) < 4.78 is 0. The Morgan fingerprint density at radius 2 is 0.672 bits per heavy atom. The van der Waals surface area contributed by atoms with Crippen molar-refractivity contribution < 1.29 is 95.8 Å². The van der Waals surface area contributed by atoms with Crippen LogP contribution in [0.4, 0.5) is 0 Å². The van der Waals surface area contributed by atoms with E-state index in [0.717, 1.165) is 76.0 Å². The van der Waals surface area contributed by atoms with E-state index in [9.17, 15) is 59.4 Å². The minimum atomic E-state index is -1.36. The van der Waals surface area contributed by atoms with Crippen LogP contribution in [0.1, 0.15) is 153 Å². The fourth-order valence-corrected chi connectivity index (χ4v) is 4.72. The van der Waals surface area contributed by atoms with Gasteiger partial charge in [0, 0.05) is 21.1 Å². The molecule has 67 heavy (non-hydrogen) atoms. The zero-order chi connectivity index (χ0) is 50.4. The van der Waals surface area contributed by atoms with Crippen molar-refractivity contribution in [2.75, 3.05) is 0 Å². The van der Waals surface area contributed by atoms with Crippen molar-refractivity contribution in [3.05, 3.63) is 72.9 Å². The van der Waals surface area contributed by atoms with Gasteiger partial charge in [-0.15, -0.1) is 0 Å². The second kappa shape index (κ2) is 48.2. The number of hydrogen-bond donors (Lipinski definition) is 6. The van der Waals surface area contributed by atoms with Crippen LogP contribution in [-0.4, -0.2) is 99.4 Å². The summed E-state index contributed by atoms with van der Waals surface area (Å²) in [6.07, 6.45) is 28.8. The van der Waals surface area contributed by atoms with E-state index in [1.54, 1.807) is 0 Å². The van der Waals surface area contributed by atoms with Gasteiger partial charge in [0.25, 0.3) is 0 Å². The van der Waals surface area contributed by atoms with Crippen LogP contribution in [-0.2, 0) is 49.8 Å². The van der Waals surface area contributed by atoms with Crippen LogP contribution in [0.2, 0.25) is 0 Å². The third kappa shape index (κ3) is 51.1. The molecule has 0 saturated carbocycles. The monoisotopic (exact) mass is 1030 g/mol. The Bertz CT molecular complexity index is 1540. The van der Waals surface area contributed by atoms with Crippen LogP contribution in [0.3, 0.4) is 0 Å². The number of nitrogens with one attached hydrogen (secondary N) is 3. The van der Waals surface area contributed by atoms with E-state index in [0.29, 0.717) is 36.3 Å². The minimum Gasteiger partial charge on any atom is -0.547 e. The molecule has 3 atom stereocenters. The molecule has 21 nitrogen and oxygen atoms in total. The maximum absolute atomic E-state index is 10.1. The molecule has 0 aliphatic carbocycles. The zero-order valence-electron chi connectivity index (χ0n) is 38.4. The average Bonchev–Trinajstić information content (AvgIpc) is 4.11. The Balaban J connectivity index is -0.000000355. The second-order valence-electron chi connectivity index (χ2n) is 14.1. The van der Waals surface area contributed by atoms with E-state index in [-0.39, 0.29) is 21.1 Å². The Hall–Kier alpha value is -5.76. The van der Waals surface area contributed by atoms with Gasteiger partial charge in [-0.25, -0.2) is 15.0 Å². The molecule has 3 heterocycles. The fourth-order valence-electron chi connectivity index (χ4n) is 4.72. The molecule has 3 aromatic heterocycles. The minimum absolute atomic E-state index is 0. The number of hydrogen-bond acceptors (Lipinski definition) is 18. The number of imidazole rings is 3. The van der Waals surface area contributed by atoms with Crippen molar-refractivity contribution in [1.29, 1.82) is 0 Å². The molecule has 0 amide bonds. The van der Waals surface area contributed by atoms with Crippen molar-refractivity contribution in [2.24, 2.45) is 0 Å². The molecule has 0 aliphatic heterocycles. The SMILES string of the molecule is CCCCCCCC(O)C(=O)[O-].CCCCCCCC(O)C(=O)[O-].CCCCCCCC(O)C(=O)[O-].O=C([O-])C=Cc1cnc[nH]1.O=C([O-])C=Cc1cnc[nH]1.O=C([O-])C=Cc1cnc[nH]1.[Mo]. The van der Waals surface area contributed by atoms with Crippen LogP contribution in [0, 0.1) is 0 Å². The number of unbranched alkanes of at least 4 members (excludes halogenated alkanes) is 12. The van der Waals surface area contributed by atoms with Gasteiger partial charge in [0.1, 0.15) is 0 Å². The topological polar surface area (TPSA) is 388 Å². The number of carboxylic acid groups (broad SMARTS) is 6. The molecule has 0 bridgehead atoms. The van der Waals surface area contributed by atoms with E-state index in [1.165, 1.54) is 94.3 Å². The summed E-state index contributed by atoms with van der Waals surface area (Å²) in [5.74, 6) is -7.71. The van der Waals surface area contributed by atoms with E-state index in [2.05, 4.69) is 50.7 Å². The Morgan fingerprint density at radius 3 is 0.836 bits per heavy atom. The van der Waals surface area contributed by atoms with E-state index in [1.807, 2.05) is 0 Å². The van der Waals surface area contributed by atoms with Crippen molar-refractivity contribution in [3.8, 4) is 0 Å². The fraction of sp³-hybridized carbons (Fsp3) is 0.533. The number of aliphatic hydroxyl groups is 3. The number of rotatable bonds is 27. The number of H-pyrrole nitrogens is 3. The third-order valence-electron chi connectivity index (χ3n) is 8.31. The van der Waals surface area contributed by atoms with Gasteiger partial charge >= 0.3 is 0 Å². The first-order valence-corrected chi connectivity index (χ1v) is 21.7. The predicted octanol–water partition coefficient (Wildman–Crippen LogP) is -1.11.